The first-order valence-electron chi connectivity index (χ1n) is 9.12. The van der Waals surface area contributed by atoms with Gasteiger partial charge in [0.05, 0.1) is 11.6 Å². The number of carbonyl (C=O) groups excluding carboxylic acids is 1. The molecule has 0 bridgehead atoms. The highest BCUT2D eigenvalue weighted by atomic mass is 16.3. The molecule has 0 unspecified atom stereocenters. The standard InChI is InChI=1S/C21H24N4O2/c22-12-17-7-4-8-19(11-17)23-21(27)24-20-14-25(10-9-18(20)15-26)13-16-5-2-1-3-6-16/h1-8,11,18,20,26H,9-10,13-15H2,(H2,23,24,27)/t18-,20+/m1/s1. The van der Waals surface area contributed by atoms with E-state index in [1.165, 1.54) is 5.56 Å². The highest BCUT2D eigenvalue weighted by molar-refractivity contribution is 5.89. The summed E-state index contributed by atoms with van der Waals surface area (Å²) in [6, 6.07) is 18.6. The molecule has 6 heteroatoms. The van der Waals surface area contributed by atoms with Crippen molar-refractivity contribution in [2.75, 3.05) is 25.0 Å². The summed E-state index contributed by atoms with van der Waals surface area (Å²) in [5, 5.41) is 24.4. The number of benzene rings is 2. The number of nitrogens with one attached hydrogen (secondary N) is 2. The highest BCUT2D eigenvalue weighted by Crippen LogP contribution is 2.20. The summed E-state index contributed by atoms with van der Waals surface area (Å²) in [4.78, 5) is 14.7. The third-order valence-corrected chi connectivity index (χ3v) is 4.89. The van der Waals surface area contributed by atoms with Crippen molar-refractivity contribution in [1.29, 1.82) is 5.26 Å². The maximum Gasteiger partial charge on any atom is 0.319 e. The molecular formula is C21H24N4O2. The van der Waals surface area contributed by atoms with Crippen molar-refractivity contribution in [3.8, 4) is 6.07 Å². The third kappa shape index (κ3) is 5.30. The van der Waals surface area contributed by atoms with Crippen LogP contribution < -0.4 is 10.6 Å². The van der Waals surface area contributed by atoms with Gasteiger partial charge in [0, 0.05) is 37.3 Å². The highest BCUT2D eigenvalue weighted by Gasteiger charge is 2.30. The fourth-order valence-electron chi connectivity index (χ4n) is 3.44. The monoisotopic (exact) mass is 364 g/mol. The van der Waals surface area contributed by atoms with Crippen LogP contribution >= 0.6 is 0 Å². The molecule has 140 valence electrons. The maximum absolute atomic E-state index is 12.4. The van der Waals surface area contributed by atoms with Crippen LogP contribution in [0.2, 0.25) is 0 Å². The SMILES string of the molecule is N#Cc1cccc(NC(=O)N[C@H]2CN(Cc3ccccc3)CC[C@@H]2CO)c1. The minimum atomic E-state index is -0.324. The lowest BCUT2D eigenvalue weighted by molar-refractivity contribution is 0.0958. The molecule has 27 heavy (non-hydrogen) atoms. The number of aliphatic hydroxyl groups excluding tert-OH is 1. The van der Waals surface area contributed by atoms with Gasteiger partial charge in [-0.05, 0) is 36.7 Å². The largest absolute Gasteiger partial charge is 0.396 e. The molecule has 3 rings (SSSR count). The zero-order valence-electron chi connectivity index (χ0n) is 15.1. The number of carbonyl (C=O) groups is 1. The number of likely N-dealkylation sites (tertiary alicyclic amines) is 1. The minimum absolute atomic E-state index is 0.0354. The van der Waals surface area contributed by atoms with Crippen molar-refractivity contribution in [2.45, 2.75) is 19.0 Å². The van der Waals surface area contributed by atoms with Crippen molar-refractivity contribution < 1.29 is 9.90 Å². The normalized spacial score (nSPS) is 19.9. The molecule has 1 saturated heterocycles. The quantitative estimate of drug-likeness (QED) is 0.761. The number of nitriles is 1. The molecular weight excluding hydrogens is 340 g/mol. The zero-order chi connectivity index (χ0) is 19.1. The Bertz CT molecular complexity index is 803. The van der Waals surface area contributed by atoms with Crippen LogP contribution in [0.25, 0.3) is 0 Å². The van der Waals surface area contributed by atoms with E-state index in [9.17, 15) is 9.90 Å². The Morgan fingerprint density at radius 2 is 2.04 bits per heavy atom. The van der Waals surface area contributed by atoms with E-state index in [-0.39, 0.29) is 24.6 Å². The summed E-state index contributed by atoms with van der Waals surface area (Å²) in [6.45, 7) is 2.45. The fraction of sp³-hybridized carbons (Fsp3) is 0.333. The van der Waals surface area contributed by atoms with Gasteiger partial charge in [-0.3, -0.25) is 4.90 Å². The second-order valence-electron chi connectivity index (χ2n) is 6.85. The second-order valence-corrected chi connectivity index (χ2v) is 6.85. The van der Waals surface area contributed by atoms with Gasteiger partial charge in [-0.2, -0.15) is 5.26 Å². The molecule has 6 nitrogen and oxygen atoms in total. The van der Waals surface area contributed by atoms with Crippen LogP contribution in [0.1, 0.15) is 17.5 Å². The zero-order valence-corrected chi connectivity index (χ0v) is 15.1. The van der Waals surface area contributed by atoms with Gasteiger partial charge in [-0.25, -0.2) is 4.79 Å². The van der Waals surface area contributed by atoms with Gasteiger partial charge in [0.1, 0.15) is 0 Å². The van der Waals surface area contributed by atoms with Crippen LogP contribution in [0.15, 0.2) is 54.6 Å². The van der Waals surface area contributed by atoms with Crippen molar-refractivity contribution >= 4 is 11.7 Å². The molecule has 3 N–H and O–H groups in total. The lowest BCUT2D eigenvalue weighted by Crippen LogP contribution is -2.54. The molecule has 2 atom stereocenters. The number of hydrogen-bond acceptors (Lipinski definition) is 4. The first-order chi connectivity index (χ1) is 13.2. The average Bonchev–Trinajstić information content (AvgIpc) is 2.69. The van der Waals surface area contributed by atoms with Crippen LogP contribution in [0, 0.1) is 17.2 Å². The van der Waals surface area contributed by atoms with E-state index >= 15 is 0 Å². The number of aliphatic hydroxyl groups is 1. The molecule has 2 amide bonds. The molecule has 1 aliphatic rings. The maximum atomic E-state index is 12.4. The Labute approximate surface area is 159 Å². The van der Waals surface area contributed by atoms with E-state index in [2.05, 4.69) is 33.7 Å². The van der Waals surface area contributed by atoms with Crippen LogP contribution in [0.5, 0.6) is 0 Å². The van der Waals surface area contributed by atoms with Gasteiger partial charge in [-0.15, -0.1) is 0 Å². The Balaban J connectivity index is 1.60. The van der Waals surface area contributed by atoms with Gasteiger partial charge in [0.25, 0.3) is 0 Å². The van der Waals surface area contributed by atoms with Crippen molar-refractivity contribution in [2.24, 2.45) is 5.92 Å². The topological polar surface area (TPSA) is 88.4 Å². The molecule has 0 aliphatic carbocycles. The van der Waals surface area contributed by atoms with Crippen LogP contribution in [0.3, 0.4) is 0 Å². The van der Waals surface area contributed by atoms with Crippen LogP contribution in [-0.4, -0.2) is 41.8 Å². The van der Waals surface area contributed by atoms with Crippen molar-refractivity contribution in [3.63, 3.8) is 0 Å². The fourth-order valence-corrected chi connectivity index (χ4v) is 3.44. The first kappa shape index (κ1) is 18.9. The smallest absolute Gasteiger partial charge is 0.319 e. The number of nitrogens with zero attached hydrogens (tertiary/aromatic N) is 2. The van der Waals surface area contributed by atoms with E-state index in [4.69, 9.17) is 5.26 Å². The van der Waals surface area contributed by atoms with Gasteiger partial charge in [0.2, 0.25) is 0 Å². The Kier molecular flexibility index (Phi) is 6.42. The molecule has 2 aromatic rings. The summed E-state index contributed by atoms with van der Waals surface area (Å²) in [6.07, 6.45) is 0.832. The number of anilines is 1. The summed E-state index contributed by atoms with van der Waals surface area (Å²) in [5.74, 6) is 0.0354. The molecule has 1 aliphatic heterocycles. The molecule has 0 aromatic heterocycles. The predicted octanol–water partition coefficient (Wildman–Crippen LogP) is 2.56. The lowest BCUT2D eigenvalue weighted by Gasteiger charge is -2.38. The number of rotatable bonds is 5. The number of hydrogen-bond donors (Lipinski definition) is 3. The van der Waals surface area contributed by atoms with E-state index in [0.29, 0.717) is 17.8 Å². The predicted molar refractivity (Wildman–Crippen MR) is 104 cm³/mol. The molecule has 0 radical (unpaired) electrons. The van der Waals surface area contributed by atoms with E-state index < -0.39 is 0 Å². The Morgan fingerprint density at radius 1 is 1.22 bits per heavy atom. The van der Waals surface area contributed by atoms with Gasteiger partial charge in [-0.1, -0.05) is 36.4 Å². The summed E-state index contributed by atoms with van der Waals surface area (Å²) in [5.41, 5.74) is 2.30. The molecule has 2 aromatic carbocycles. The van der Waals surface area contributed by atoms with Gasteiger partial charge in [0.15, 0.2) is 0 Å². The molecule has 0 saturated carbocycles. The molecule has 1 fully saturated rings. The average molecular weight is 364 g/mol. The van der Waals surface area contributed by atoms with Gasteiger partial charge < -0.3 is 15.7 Å². The van der Waals surface area contributed by atoms with Crippen molar-refractivity contribution in [3.05, 3.63) is 65.7 Å². The molecule has 1 heterocycles. The van der Waals surface area contributed by atoms with E-state index in [1.807, 2.05) is 18.2 Å². The summed E-state index contributed by atoms with van der Waals surface area (Å²) < 4.78 is 0. The van der Waals surface area contributed by atoms with Crippen LogP contribution in [0.4, 0.5) is 10.5 Å². The third-order valence-electron chi connectivity index (χ3n) is 4.89. The van der Waals surface area contributed by atoms with Crippen molar-refractivity contribution in [1.82, 2.24) is 10.2 Å². The minimum Gasteiger partial charge on any atom is -0.396 e. The number of urea groups is 1. The van der Waals surface area contributed by atoms with Gasteiger partial charge >= 0.3 is 6.03 Å². The lowest BCUT2D eigenvalue weighted by atomic mass is 9.92. The Hall–Kier alpha value is -2.88. The second kappa shape index (κ2) is 9.17. The number of amides is 2. The van der Waals surface area contributed by atoms with E-state index in [1.54, 1.807) is 24.3 Å². The van der Waals surface area contributed by atoms with Crippen LogP contribution in [-0.2, 0) is 6.54 Å². The number of piperidine rings is 1. The Morgan fingerprint density at radius 3 is 2.78 bits per heavy atom. The summed E-state index contributed by atoms with van der Waals surface area (Å²) >= 11 is 0. The first-order valence-corrected chi connectivity index (χ1v) is 9.12. The molecule has 0 spiro atoms. The van der Waals surface area contributed by atoms with E-state index in [0.717, 1.165) is 19.5 Å². The summed E-state index contributed by atoms with van der Waals surface area (Å²) in [7, 11) is 0.